The van der Waals surface area contributed by atoms with Crippen LogP contribution in [0, 0.1) is 5.92 Å². The van der Waals surface area contributed by atoms with Gasteiger partial charge in [-0.2, -0.15) is 5.10 Å². The molecule has 1 amide bonds. The number of aromatic nitrogens is 2. The highest BCUT2D eigenvalue weighted by molar-refractivity contribution is 7.12. The third-order valence-electron chi connectivity index (χ3n) is 5.07. The van der Waals surface area contributed by atoms with Crippen LogP contribution in [-0.2, 0) is 6.54 Å². The van der Waals surface area contributed by atoms with Gasteiger partial charge < -0.3 is 5.32 Å². The predicted molar refractivity (Wildman–Crippen MR) is 109 cm³/mol. The largest absolute Gasteiger partial charge is 0.351 e. The third-order valence-corrected chi connectivity index (χ3v) is 5.94. The SMILES string of the molecule is O=C(NCC1CCCN(Cc2cn[nH]c2-c2ccccc2)C1)c1cccs1. The highest BCUT2D eigenvalue weighted by Crippen LogP contribution is 2.24. The van der Waals surface area contributed by atoms with Crippen LogP contribution in [0.4, 0.5) is 0 Å². The fourth-order valence-electron chi connectivity index (χ4n) is 3.72. The molecule has 3 aromatic rings. The van der Waals surface area contributed by atoms with Crippen molar-refractivity contribution in [2.24, 2.45) is 5.92 Å². The summed E-state index contributed by atoms with van der Waals surface area (Å²) in [7, 11) is 0. The summed E-state index contributed by atoms with van der Waals surface area (Å²) < 4.78 is 0. The third kappa shape index (κ3) is 4.46. The van der Waals surface area contributed by atoms with Gasteiger partial charge in [0.05, 0.1) is 16.8 Å². The summed E-state index contributed by atoms with van der Waals surface area (Å²) in [5, 5.41) is 12.4. The molecule has 27 heavy (non-hydrogen) atoms. The molecule has 0 spiro atoms. The first-order chi connectivity index (χ1) is 13.3. The maximum atomic E-state index is 12.2. The molecule has 140 valence electrons. The maximum absolute atomic E-state index is 12.2. The van der Waals surface area contributed by atoms with Crippen molar-refractivity contribution < 1.29 is 4.79 Å². The van der Waals surface area contributed by atoms with Gasteiger partial charge in [0.15, 0.2) is 0 Å². The molecule has 5 nitrogen and oxygen atoms in total. The number of piperidine rings is 1. The fraction of sp³-hybridized carbons (Fsp3) is 0.333. The van der Waals surface area contributed by atoms with Gasteiger partial charge in [0.2, 0.25) is 0 Å². The Morgan fingerprint density at radius 1 is 1.26 bits per heavy atom. The monoisotopic (exact) mass is 380 g/mol. The van der Waals surface area contributed by atoms with E-state index < -0.39 is 0 Å². The summed E-state index contributed by atoms with van der Waals surface area (Å²) in [5.74, 6) is 0.540. The number of rotatable bonds is 6. The summed E-state index contributed by atoms with van der Waals surface area (Å²) in [4.78, 5) is 15.4. The molecule has 3 heterocycles. The van der Waals surface area contributed by atoms with E-state index in [0.29, 0.717) is 5.92 Å². The van der Waals surface area contributed by atoms with Gasteiger partial charge in [-0.25, -0.2) is 0 Å². The number of nitrogens with one attached hydrogen (secondary N) is 2. The van der Waals surface area contributed by atoms with Crippen LogP contribution in [0.5, 0.6) is 0 Å². The molecule has 1 saturated heterocycles. The molecule has 1 unspecified atom stereocenters. The van der Waals surface area contributed by atoms with Crippen LogP contribution in [0.1, 0.15) is 28.1 Å². The standard InChI is InChI=1S/C21H24N4OS/c26-21(19-9-5-11-27-19)22-12-16-6-4-10-25(14-16)15-18-13-23-24-20(18)17-7-2-1-3-8-17/h1-3,5,7-9,11,13,16H,4,6,10,12,14-15H2,(H,22,26)(H,23,24). The number of hydrogen-bond acceptors (Lipinski definition) is 4. The molecule has 0 bridgehead atoms. The minimum absolute atomic E-state index is 0.0447. The molecule has 1 aromatic carbocycles. The van der Waals surface area contributed by atoms with Gasteiger partial charge >= 0.3 is 0 Å². The zero-order chi connectivity index (χ0) is 18.5. The van der Waals surface area contributed by atoms with Crippen molar-refractivity contribution in [3.63, 3.8) is 0 Å². The van der Waals surface area contributed by atoms with Crippen molar-refractivity contribution in [2.75, 3.05) is 19.6 Å². The highest BCUT2D eigenvalue weighted by atomic mass is 32.1. The molecule has 2 aromatic heterocycles. The molecule has 1 fully saturated rings. The van der Waals surface area contributed by atoms with E-state index in [2.05, 4.69) is 32.5 Å². The lowest BCUT2D eigenvalue weighted by Crippen LogP contribution is -2.40. The number of hydrogen-bond donors (Lipinski definition) is 2. The van der Waals surface area contributed by atoms with E-state index in [-0.39, 0.29) is 5.91 Å². The van der Waals surface area contributed by atoms with Crippen LogP contribution in [0.2, 0.25) is 0 Å². The van der Waals surface area contributed by atoms with E-state index >= 15 is 0 Å². The molecule has 2 N–H and O–H groups in total. The van der Waals surface area contributed by atoms with Crippen LogP contribution >= 0.6 is 11.3 Å². The molecule has 6 heteroatoms. The second-order valence-electron chi connectivity index (χ2n) is 7.07. The summed E-state index contributed by atoms with van der Waals surface area (Å²) in [6.45, 7) is 3.72. The Balaban J connectivity index is 1.34. The Morgan fingerprint density at radius 3 is 2.96 bits per heavy atom. The highest BCUT2D eigenvalue weighted by Gasteiger charge is 2.22. The van der Waals surface area contributed by atoms with Crippen LogP contribution in [0.3, 0.4) is 0 Å². The van der Waals surface area contributed by atoms with E-state index in [1.165, 1.54) is 22.5 Å². The topological polar surface area (TPSA) is 61.0 Å². The number of likely N-dealkylation sites (tertiary alicyclic amines) is 1. The smallest absolute Gasteiger partial charge is 0.261 e. The van der Waals surface area contributed by atoms with E-state index in [9.17, 15) is 4.79 Å². The van der Waals surface area contributed by atoms with Crippen molar-refractivity contribution in [1.29, 1.82) is 0 Å². The minimum atomic E-state index is 0.0447. The lowest BCUT2D eigenvalue weighted by Gasteiger charge is -2.32. The quantitative estimate of drug-likeness (QED) is 0.684. The summed E-state index contributed by atoms with van der Waals surface area (Å²) in [5.41, 5.74) is 3.50. The Bertz CT molecular complexity index is 859. The van der Waals surface area contributed by atoms with Crippen molar-refractivity contribution in [1.82, 2.24) is 20.4 Å². The summed E-state index contributed by atoms with van der Waals surface area (Å²) >= 11 is 1.49. The first kappa shape index (κ1) is 17.9. The van der Waals surface area contributed by atoms with Crippen molar-refractivity contribution in [3.8, 4) is 11.3 Å². The Hall–Kier alpha value is -2.44. The minimum Gasteiger partial charge on any atom is -0.351 e. The van der Waals surface area contributed by atoms with Crippen molar-refractivity contribution >= 4 is 17.2 Å². The maximum Gasteiger partial charge on any atom is 0.261 e. The second-order valence-corrected chi connectivity index (χ2v) is 8.01. The Labute approximate surface area is 163 Å². The van der Waals surface area contributed by atoms with E-state index in [1.54, 1.807) is 0 Å². The Kier molecular flexibility index (Phi) is 5.65. The fourth-order valence-corrected chi connectivity index (χ4v) is 4.36. The van der Waals surface area contributed by atoms with Gasteiger partial charge in [0, 0.05) is 25.2 Å². The lowest BCUT2D eigenvalue weighted by molar-refractivity contribution is 0.0934. The number of H-pyrrole nitrogens is 1. The van der Waals surface area contributed by atoms with E-state index in [1.807, 2.05) is 41.9 Å². The lowest BCUT2D eigenvalue weighted by atomic mass is 9.97. The molecule has 1 aliphatic heterocycles. The van der Waals surface area contributed by atoms with E-state index in [4.69, 9.17) is 0 Å². The molecule has 1 atom stereocenters. The molecule has 4 rings (SSSR count). The number of carbonyl (C=O) groups excluding carboxylic acids is 1. The number of benzene rings is 1. The number of aromatic amines is 1. The number of carbonyl (C=O) groups is 1. The summed E-state index contributed by atoms with van der Waals surface area (Å²) in [6.07, 6.45) is 4.26. The average Bonchev–Trinajstić information content (AvgIpc) is 3.39. The molecule has 0 saturated carbocycles. The summed E-state index contributed by atoms with van der Waals surface area (Å²) in [6, 6.07) is 14.1. The zero-order valence-corrected chi connectivity index (χ0v) is 16.0. The Morgan fingerprint density at radius 2 is 2.15 bits per heavy atom. The molecular formula is C21H24N4OS. The number of amides is 1. The van der Waals surface area contributed by atoms with Gasteiger partial charge in [-0.1, -0.05) is 36.4 Å². The van der Waals surface area contributed by atoms with Crippen LogP contribution in [0.25, 0.3) is 11.3 Å². The second kappa shape index (κ2) is 8.50. The van der Waals surface area contributed by atoms with Crippen molar-refractivity contribution in [2.45, 2.75) is 19.4 Å². The van der Waals surface area contributed by atoms with Crippen LogP contribution in [0.15, 0.2) is 54.0 Å². The molecule has 0 radical (unpaired) electrons. The van der Waals surface area contributed by atoms with Gasteiger partial charge in [-0.15, -0.1) is 11.3 Å². The normalized spacial score (nSPS) is 17.7. The van der Waals surface area contributed by atoms with E-state index in [0.717, 1.165) is 49.6 Å². The van der Waals surface area contributed by atoms with Gasteiger partial charge in [-0.05, 0) is 42.3 Å². The van der Waals surface area contributed by atoms with Crippen LogP contribution < -0.4 is 5.32 Å². The predicted octanol–water partition coefficient (Wildman–Crippen LogP) is 3.78. The van der Waals surface area contributed by atoms with Gasteiger partial charge in [0.1, 0.15) is 0 Å². The first-order valence-corrected chi connectivity index (χ1v) is 10.3. The first-order valence-electron chi connectivity index (χ1n) is 9.41. The van der Waals surface area contributed by atoms with Crippen molar-refractivity contribution in [3.05, 3.63) is 64.5 Å². The molecule has 0 aliphatic carbocycles. The average molecular weight is 381 g/mol. The van der Waals surface area contributed by atoms with Gasteiger partial charge in [-0.3, -0.25) is 14.8 Å². The number of nitrogens with zero attached hydrogens (tertiary/aromatic N) is 2. The number of thiophene rings is 1. The van der Waals surface area contributed by atoms with Gasteiger partial charge in [0.25, 0.3) is 5.91 Å². The zero-order valence-electron chi connectivity index (χ0n) is 15.2. The van der Waals surface area contributed by atoms with Crippen LogP contribution in [-0.4, -0.2) is 40.6 Å². The molecule has 1 aliphatic rings. The molecular weight excluding hydrogens is 356 g/mol.